The van der Waals surface area contributed by atoms with Gasteiger partial charge in [-0.15, -0.1) is 0 Å². The Kier molecular flexibility index (Phi) is 5.46. The minimum Gasteiger partial charge on any atom is -0.372 e. The number of rotatable bonds is 8. The molecule has 18 heavy (non-hydrogen) atoms. The molecule has 1 saturated heterocycles. The highest BCUT2D eigenvalue weighted by molar-refractivity contribution is 4.87. The van der Waals surface area contributed by atoms with E-state index in [-0.39, 0.29) is 0 Å². The van der Waals surface area contributed by atoms with Crippen LogP contribution in [0.5, 0.6) is 0 Å². The predicted octanol–water partition coefficient (Wildman–Crippen LogP) is 2.41. The van der Waals surface area contributed by atoms with Gasteiger partial charge in [-0.25, -0.2) is 0 Å². The second kappa shape index (κ2) is 6.88. The molecule has 2 rings (SSSR count). The minimum absolute atomic E-state index is 0.445. The molecule has 0 aromatic carbocycles. The number of ether oxygens (including phenoxy) is 1. The lowest BCUT2D eigenvalue weighted by Gasteiger charge is -2.25. The first-order valence-electron chi connectivity index (χ1n) is 7.82. The van der Waals surface area contributed by atoms with Crippen LogP contribution in [0.3, 0.4) is 0 Å². The van der Waals surface area contributed by atoms with Gasteiger partial charge in [0.1, 0.15) is 0 Å². The van der Waals surface area contributed by atoms with Crippen molar-refractivity contribution in [2.24, 2.45) is 0 Å². The third-order valence-electron chi connectivity index (χ3n) is 3.96. The Hall–Kier alpha value is -0.120. The average molecular weight is 254 g/mol. The Balaban J connectivity index is 1.67. The fourth-order valence-corrected chi connectivity index (χ4v) is 2.84. The van der Waals surface area contributed by atoms with Crippen LogP contribution in [0.25, 0.3) is 0 Å². The second-order valence-corrected chi connectivity index (χ2v) is 6.25. The van der Waals surface area contributed by atoms with Gasteiger partial charge >= 0.3 is 0 Å². The molecule has 3 nitrogen and oxygen atoms in total. The molecule has 2 fully saturated rings. The van der Waals surface area contributed by atoms with Crippen molar-refractivity contribution in [1.29, 1.82) is 0 Å². The fraction of sp³-hybridized carbons (Fsp3) is 1.00. The molecule has 1 N–H and O–H groups in total. The maximum atomic E-state index is 6.16. The molecule has 0 bridgehead atoms. The van der Waals surface area contributed by atoms with Crippen LogP contribution in [0.15, 0.2) is 0 Å². The van der Waals surface area contributed by atoms with Crippen molar-refractivity contribution in [2.75, 3.05) is 19.6 Å². The molecule has 0 amide bonds. The molecule has 3 heteroatoms. The molecular weight excluding hydrogens is 224 g/mol. The van der Waals surface area contributed by atoms with Crippen molar-refractivity contribution in [1.82, 2.24) is 10.2 Å². The normalized spacial score (nSPS) is 28.5. The lowest BCUT2D eigenvalue weighted by Crippen LogP contribution is -2.36. The van der Waals surface area contributed by atoms with Crippen LogP contribution in [0.4, 0.5) is 0 Å². The topological polar surface area (TPSA) is 24.5 Å². The summed E-state index contributed by atoms with van der Waals surface area (Å²) in [4.78, 5) is 2.66. The fourth-order valence-electron chi connectivity index (χ4n) is 2.84. The molecule has 0 radical (unpaired) electrons. The number of hydrogen-bond acceptors (Lipinski definition) is 3. The molecule has 1 aliphatic carbocycles. The lowest BCUT2D eigenvalue weighted by atomic mass is 10.2. The summed E-state index contributed by atoms with van der Waals surface area (Å²) in [5, 5.41) is 3.48. The summed E-state index contributed by atoms with van der Waals surface area (Å²) in [6.07, 6.45) is 7.49. The van der Waals surface area contributed by atoms with E-state index in [9.17, 15) is 0 Å². The van der Waals surface area contributed by atoms with E-state index in [0.29, 0.717) is 18.2 Å². The molecule has 1 aliphatic heterocycles. The SMILES string of the molecule is CCCN(CC1CCC(CNC(C)C)O1)C1CC1. The van der Waals surface area contributed by atoms with E-state index in [1.165, 1.54) is 38.6 Å². The molecule has 1 saturated carbocycles. The van der Waals surface area contributed by atoms with Crippen LogP contribution in [-0.2, 0) is 4.74 Å². The molecular formula is C15H30N2O. The molecule has 1 heterocycles. The van der Waals surface area contributed by atoms with E-state index in [4.69, 9.17) is 4.74 Å². The van der Waals surface area contributed by atoms with Crippen LogP contribution < -0.4 is 5.32 Å². The monoisotopic (exact) mass is 254 g/mol. The van der Waals surface area contributed by atoms with Crippen LogP contribution in [0.2, 0.25) is 0 Å². The average Bonchev–Trinajstić information content (AvgIpc) is 3.08. The summed E-state index contributed by atoms with van der Waals surface area (Å²) in [5.41, 5.74) is 0. The zero-order valence-electron chi connectivity index (χ0n) is 12.3. The van der Waals surface area contributed by atoms with Crippen molar-refractivity contribution in [2.45, 2.75) is 77.2 Å². The summed E-state index contributed by atoms with van der Waals surface area (Å²) in [6, 6.07) is 1.44. The summed E-state index contributed by atoms with van der Waals surface area (Å²) in [7, 11) is 0. The van der Waals surface area contributed by atoms with Crippen molar-refractivity contribution >= 4 is 0 Å². The Labute approximate surface area is 112 Å². The van der Waals surface area contributed by atoms with E-state index in [1.54, 1.807) is 0 Å². The Morgan fingerprint density at radius 2 is 1.89 bits per heavy atom. The van der Waals surface area contributed by atoms with Crippen molar-refractivity contribution in [3.05, 3.63) is 0 Å². The first-order valence-corrected chi connectivity index (χ1v) is 7.82. The van der Waals surface area contributed by atoms with Gasteiger partial charge in [-0.3, -0.25) is 4.90 Å². The predicted molar refractivity (Wildman–Crippen MR) is 75.9 cm³/mol. The quantitative estimate of drug-likeness (QED) is 0.720. The highest BCUT2D eigenvalue weighted by Gasteiger charge is 2.33. The van der Waals surface area contributed by atoms with Gasteiger partial charge in [-0.05, 0) is 38.6 Å². The first kappa shape index (κ1) is 14.3. The van der Waals surface area contributed by atoms with Gasteiger partial charge in [-0.2, -0.15) is 0 Å². The maximum Gasteiger partial charge on any atom is 0.0707 e. The van der Waals surface area contributed by atoms with Crippen molar-refractivity contribution < 1.29 is 4.74 Å². The third kappa shape index (κ3) is 4.52. The van der Waals surface area contributed by atoms with Gasteiger partial charge in [0.2, 0.25) is 0 Å². The lowest BCUT2D eigenvalue weighted by molar-refractivity contribution is 0.0209. The number of nitrogens with one attached hydrogen (secondary N) is 1. The summed E-state index contributed by atoms with van der Waals surface area (Å²) >= 11 is 0. The standard InChI is InChI=1S/C15H30N2O/c1-4-9-17(13-5-6-13)11-15-8-7-14(18-15)10-16-12(2)3/h12-16H,4-11H2,1-3H3. The molecule has 106 valence electrons. The van der Waals surface area contributed by atoms with Gasteiger partial charge in [0, 0.05) is 25.2 Å². The summed E-state index contributed by atoms with van der Waals surface area (Å²) < 4.78 is 6.16. The first-order chi connectivity index (χ1) is 8.69. The molecule has 0 aromatic rings. The second-order valence-electron chi connectivity index (χ2n) is 6.25. The van der Waals surface area contributed by atoms with Crippen LogP contribution in [0.1, 0.15) is 52.9 Å². The highest BCUT2D eigenvalue weighted by Crippen LogP contribution is 2.29. The largest absolute Gasteiger partial charge is 0.372 e. The third-order valence-corrected chi connectivity index (χ3v) is 3.96. The van der Waals surface area contributed by atoms with E-state index < -0.39 is 0 Å². The number of nitrogens with zero attached hydrogens (tertiary/aromatic N) is 1. The van der Waals surface area contributed by atoms with E-state index >= 15 is 0 Å². The molecule has 0 spiro atoms. The Morgan fingerprint density at radius 1 is 1.17 bits per heavy atom. The zero-order chi connectivity index (χ0) is 13.0. The van der Waals surface area contributed by atoms with Gasteiger partial charge < -0.3 is 10.1 Å². The van der Waals surface area contributed by atoms with Gasteiger partial charge in [0.05, 0.1) is 12.2 Å². The van der Waals surface area contributed by atoms with Crippen LogP contribution in [0, 0.1) is 0 Å². The smallest absolute Gasteiger partial charge is 0.0707 e. The van der Waals surface area contributed by atoms with Crippen LogP contribution >= 0.6 is 0 Å². The molecule has 2 atom stereocenters. The van der Waals surface area contributed by atoms with E-state index in [2.05, 4.69) is 31.0 Å². The van der Waals surface area contributed by atoms with Crippen LogP contribution in [-0.4, -0.2) is 48.8 Å². The van der Waals surface area contributed by atoms with Gasteiger partial charge in [0.25, 0.3) is 0 Å². The summed E-state index contributed by atoms with van der Waals surface area (Å²) in [6.45, 7) is 10.1. The summed E-state index contributed by atoms with van der Waals surface area (Å²) in [5.74, 6) is 0. The Morgan fingerprint density at radius 3 is 2.50 bits per heavy atom. The zero-order valence-corrected chi connectivity index (χ0v) is 12.3. The highest BCUT2D eigenvalue weighted by atomic mass is 16.5. The van der Waals surface area contributed by atoms with Gasteiger partial charge in [-0.1, -0.05) is 20.8 Å². The number of hydrogen-bond donors (Lipinski definition) is 1. The van der Waals surface area contributed by atoms with E-state index in [1.807, 2.05) is 0 Å². The van der Waals surface area contributed by atoms with Crippen molar-refractivity contribution in [3.63, 3.8) is 0 Å². The molecule has 2 aliphatic rings. The maximum absolute atomic E-state index is 6.16. The molecule has 2 unspecified atom stereocenters. The molecule has 0 aromatic heterocycles. The van der Waals surface area contributed by atoms with Gasteiger partial charge in [0.15, 0.2) is 0 Å². The van der Waals surface area contributed by atoms with Crippen molar-refractivity contribution in [3.8, 4) is 0 Å². The Bertz CT molecular complexity index is 241. The van der Waals surface area contributed by atoms with E-state index in [0.717, 1.165) is 19.1 Å². The minimum atomic E-state index is 0.445.